The molecule has 3 aromatic rings. The smallest absolute Gasteiger partial charge is 0.102 e. The Morgan fingerprint density at radius 2 is 1.69 bits per heavy atom. The molecule has 0 amide bonds. The van der Waals surface area contributed by atoms with Gasteiger partial charge in [0.15, 0.2) is 0 Å². The molecular formula is C22H20N4. The number of benzene rings is 1. The summed E-state index contributed by atoms with van der Waals surface area (Å²) in [6.07, 6.45) is 5.24. The Morgan fingerprint density at radius 1 is 0.962 bits per heavy atom. The van der Waals surface area contributed by atoms with E-state index in [1.54, 1.807) is 18.3 Å². The highest BCUT2D eigenvalue weighted by atomic mass is 15.0. The van der Waals surface area contributed by atoms with E-state index in [4.69, 9.17) is 5.26 Å². The van der Waals surface area contributed by atoms with Gasteiger partial charge in [-0.15, -0.1) is 0 Å². The van der Waals surface area contributed by atoms with Gasteiger partial charge in [-0.1, -0.05) is 32.0 Å². The van der Waals surface area contributed by atoms with Gasteiger partial charge in [0.25, 0.3) is 0 Å². The van der Waals surface area contributed by atoms with Crippen molar-refractivity contribution in [3.8, 4) is 23.3 Å². The lowest BCUT2D eigenvalue weighted by Crippen LogP contribution is -2.08. The third-order valence-corrected chi connectivity index (χ3v) is 4.63. The summed E-state index contributed by atoms with van der Waals surface area (Å²) < 4.78 is 2.25. The molecule has 0 spiro atoms. The van der Waals surface area contributed by atoms with Crippen LogP contribution in [0, 0.1) is 22.7 Å². The molecule has 1 aromatic carbocycles. The third-order valence-electron chi connectivity index (χ3n) is 4.63. The lowest BCUT2D eigenvalue weighted by Gasteiger charge is -2.13. The van der Waals surface area contributed by atoms with E-state index in [1.807, 2.05) is 24.4 Å². The van der Waals surface area contributed by atoms with Crippen LogP contribution in [0.2, 0.25) is 0 Å². The fraction of sp³-hybridized carbons (Fsp3) is 0.227. The van der Waals surface area contributed by atoms with Crippen molar-refractivity contribution in [2.45, 2.75) is 33.2 Å². The van der Waals surface area contributed by atoms with Gasteiger partial charge in [0.2, 0.25) is 0 Å². The minimum Gasteiger partial charge on any atom is -0.342 e. The molecule has 0 N–H and O–H groups in total. The largest absolute Gasteiger partial charge is 0.342 e. The summed E-state index contributed by atoms with van der Waals surface area (Å²) in [7, 11) is 0. The Morgan fingerprint density at radius 3 is 2.23 bits per heavy atom. The van der Waals surface area contributed by atoms with Crippen LogP contribution in [-0.2, 0) is 19.4 Å². The molecule has 4 heteroatoms. The molecule has 0 saturated carbocycles. The van der Waals surface area contributed by atoms with Crippen molar-refractivity contribution in [3.05, 3.63) is 76.9 Å². The Hall–Kier alpha value is -3.37. The number of hydrogen-bond acceptors (Lipinski definition) is 3. The van der Waals surface area contributed by atoms with Crippen molar-refractivity contribution < 1.29 is 0 Å². The fourth-order valence-electron chi connectivity index (χ4n) is 3.46. The second-order valence-corrected chi connectivity index (χ2v) is 6.10. The first kappa shape index (κ1) is 17.5. The van der Waals surface area contributed by atoms with Crippen LogP contribution in [0.25, 0.3) is 11.1 Å². The summed E-state index contributed by atoms with van der Waals surface area (Å²) in [5.41, 5.74) is 6.63. The topological polar surface area (TPSA) is 65.4 Å². The molecule has 0 aliphatic heterocycles. The number of nitriles is 2. The molecule has 128 valence electrons. The van der Waals surface area contributed by atoms with Crippen LogP contribution in [0.3, 0.4) is 0 Å². The first-order valence-electron chi connectivity index (χ1n) is 8.77. The first-order chi connectivity index (χ1) is 12.7. The highest BCUT2D eigenvalue weighted by Crippen LogP contribution is 2.34. The maximum absolute atomic E-state index is 9.86. The van der Waals surface area contributed by atoms with Gasteiger partial charge in [-0.25, -0.2) is 0 Å². The molecule has 4 nitrogen and oxygen atoms in total. The molecular weight excluding hydrogens is 320 g/mol. The maximum Gasteiger partial charge on any atom is 0.102 e. The molecule has 0 atom stereocenters. The Labute approximate surface area is 154 Å². The molecule has 2 heterocycles. The van der Waals surface area contributed by atoms with E-state index in [9.17, 15) is 5.26 Å². The monoisotopic (exact) mass is 340 g/mol. The van der Waals surface area contributed by atoms with Crippen LogP contribution in [0.15, 0.2) is 48.8 Å². The zero-order chi connectivity index (χ0) is 18.5. The quantitative estimate of drug-likeness (QED) is 0.688. The third kappa shape index (κ3) is 3.10. The van der Waals surface area contributed by atoms with Gasteiger partial charge in [-0.3, -0.25) is 4.98 Å². The summed E-state index contributed by atoms with van der Waals surface area (Å²) >= 11 is 0. The van der Waals surface area contributed by atoms with E-state index in [-0.39, 0.29) is 0 Å². The van der Waals surface area contributed by atoms with E-state index in [1.165, 1.54) is 0 Å². The summed E-state index contributed by atoms with van der Waals surface area (Å²) in [4.78, 5) is 4.21. The van der Waals surface area contributed by atoms with Gasteiger partial charge < -0.3 is 4.57 Å². The molecule has 26 heavy (non-hydrogen) atoms. The molecule has 2 aromatic heterocycles. The van der Waals surface area contributed by atoms with Crippen LogP contribution in [0.4, 0.5) is 0 Å². The van der Waals surface area contributed by atoms with Crippen molar-refractivity contribution in [1.82, 2.24) is 9.55 Å². The zero-order valence-corrected chi connectivity index (χ0v) is 15.0. The lowest BCUT2D eigenvalue weighted by atomic mass is 9.98. The number of aromatic nitrogens is 2. The molecule has 0 unspecified atom stereocenters. The highest BCUT2D eigenvalue weighted by Gasteiger charge is 2.22. The fourth-order valence-corrected chi connectivity index (χ4v) is 3.46. The predicted octanol–water partition coefficient (Wildman–Crippen LogP) is 4.47. The van der Waals surface area contributed by atoms with Crippen molar-refractivity contribution in [3.63, 3.8) is 0 Å². The van der Waals surface area contributed by atoms with E-state index in [0.717, 1.165) is 46.5 Å². The molecule has 0 fully saturated rings. The molecule has 0 saturated heterocycles. The normalized spacial score (nSPS) is 10.3. The van der Waals surface area contributed by atoms with Gasteiger partial charge >= 0.3 is 0 Å². The molecule has 0 radical (unpaired) electrons. The zero-order valence-electron chi connectivity index (χ0n) is 15.0. The summed E-state index contributed by atoms with van der Waals surface area (Å²) in [6, 6.07) is 16.0. The van der Waals surface area contributed by atoms with Gasteiger partial charge in [-0.05, 0) is 42.2 Å². The van der Waals surface area contributed by atoms with Gasteiger partial charge in [0, 0.05) is 35.9 Å². The average molecular weight is 340 g/mol. The predicted molar refractivity (Wildman–Crippen MR) is 101 cm³/mol. The molecule has 3 rings (SSSR count). The molecule has 0 aliphatic carbocycles. The van der Waals surface area contributed by atoms with Gasteiger partial charge in [-0.2, -0.15) is 10.5 Å². The van der Waals surface area contributed by atoms with E-state index in [2.05, 4.69) is 41.6 Å². The Kier molecular flexibility index (Phi) is 5.15. The SMILES string of the molecule is CCc1c(C#N)c(-c2ccc(C#N)cc2)c(CC)n1Cc1cccnc1. The molecule has 0 bridgehead atoms. The second kappa shape index (κ2) is 7.68. The highest BCUT2D eigenvalue weighted by molar-refractivity contribution is 5.76. The average Bonchev–Trinajstić information content (AvgIpc) is 3.01. The van der Waals surface area contributed by atoms with Gasteiger partial charge in [0.1, 0.15) is 6.07 Å². The second-order valence-electron chi connectivity index (χ2n) is 6.10. The number of rotatable bonds is 5. The Balaban J connectivity index is 2.20. The van der Waals surface area contributed by atoms with Crippen molar-refractivity contribution in [2.24, 2.45) is 0 Å². The van der Waals surface area contributed by atoms with Crippen LogP contribution >= 0.6 is 0 Å². The number of hydrogen-bond donors (Lipinski definition) is 0. The van der Waals surface area contributed by atoms with Gasteiger partial charge in [0.05, 0.1) is 17.2 Å². The lowest BCUT2D eigenvalue weighted by molar-refractivity contribution is 0.706. The summed E-state index contributed by atoms with van der Waals surface area (Å²) in [6.45, 7) is 4.89. The number of pyridine rings is 1. The van der Waals surface area contributed by atoms with E-state index >= 15 is 0 Å². The standard InChI is InChI=1S/C22H20N4/c1-3-20-19(13-24)22(18-9-7-16(12-23)8-10-18)21(4-2)26(20)15-17-6-5-11-25-14-17/h5-11,14H,3-4,15H2,1-2H3. The number of nitrogens with zero attached hydrogens (tertiary/aromatic N) is 4. The Bertz CT molecular complexity index is 984. The maximum atomic E-state index is 9.86. The minimum atomic E-state index is 0.621. The van der Waals surface area contributed by atoms with E-state index < -0.39 is 0 Å². The first-order valence-corrected chi connectivity index (χ1v) is 8.77. The van der Waals surface area contributed by atoms with Crippen molar-refractivity contribution in [1.29, 1.82) is 10.5 Å². The van der Waals surface area contributed by atoms with Crippen molar-refractivity contribution in [2.75, 3.05) is 0 Å². The van der Waals surface area contributed by atoms with Crippen molar-refractivity contribution >= 4 is 0 Å². The van der Waals surface area contributed by atoms with Crippen LogP contribution < -0.4 is 0 Å². The summed E-state index contributed by atoms with van der Waals surface area (Å²) in [5.74, 6) is 0. The minimum absolute atomic E-state index is 0.621. The van der Waals surface area contributed by atoms with Crippen LogP contribution in [0.5, 0.6) is 0 Å². The van der Waals surface area contributed by atoms with Crippen LogP contribution in [-0.4, -0.2) is 9.55 Å². The molecule has 0 aliphatic rings. The van der Waals surface area contributed by atoms with E-state index in [0.29, 0.717) is 12.1 Å². The summed E-state index contributed by atoms with van der Waals surface area (Å²) in [5, 5.41) is 18.9. The van der Waals surface area contributed by atoms with Crippen LogP contribution in [0.1, 0.15) is 41.9 Å².